The first-order valence-corrected chi connectivity index (χ1v) is 12.7. The Kier molecular flexibility index (Phi) is 6.52. The molecule has 2 aromatic heterocycles. The zero-order valence-corrected chi connectivity index (χ0v) is 22.3. The predicted molar refractivity (Wildman–Crippen MR) is 134 cm³/mol. The van der Waals surface area contributed by atoms with Crippen LogP contribution in [-0.2, 0) is 0 Å². The number of fused-ring (bicyclic) bond motifs is 6. The molecule has 0 N–H and O–H groups in total. The summed E-state index contributed by atoms with van der Waals surface area (Å²) in [6, 6.07) is 2.60. The molecule has 0 atom stereocenters. The van der Waals surface area contributed by atoms with Crippen molar-refractivity contribution in [2.75, 3.05) is 0 Å². The van der Waals surface area contributed by atoms with Gasteiger partial charge in [-0.2, -0.15) is 0 Å². The van der Waals surface area contributed by atoms with E-state index < -0.39 is 148 Å². The molecule has 246 valence electrons. The minimum absolute atomic E-state index is 0.0434. The maximum Gasteiger partial charge on any atom is 0.199 e. The van der Waals surface area contributed by atoms with Crippen LogP contribution in [0, 0.1) is 93.1 Å². The minimum atomic E-state index is -2.60. The molecule has 7 aromatic rings. The molecule has 18 heteroatoms. The van der Waals surface area contributed by atoms with Crippen molar-refractivity contribution in [1.82, 2.24) is 9.13 Å². The normalized spacial score (nSPS) is 12.2. The molecule has 7 rings (SSSR count). The van der Waals surface area contributed by atoms with E-state index >= 15 is 35.1 Å². The number of hydrogen-bond donors (Lipinski definition) is 0. The number of rotatable bonds is 2. The molecule has 0 aliphatic heterocycles. The largest absolute Gasteiger partial charge is 0.303 e. The Morgan fingerprint density at radius 1 is 0.271 bits per heavy atom. The summed E-state index contributed by atoms with van der Waals surface area (Å²) in [6.45, 7) is 0. The van der Waals surface area contributed by atoms with Crippen molar-refractivity contribution in [2.45, 2.75) is 0 Å². The van der Waals surface area contributed by atoms with Gasteiger partial charge in [0.2, 0.25) is 0 Å². The van der Waals surface area contributed by atoms with Crippen LogP contribution in [0.1, 0.15) is 0 Å². The second-order valence-corrected chi connectivity index (χ2v) is 10.1. The van der Waals surface area contributed by atoms with E-state index in [-0.39, 0.29) is 9.13 Å². The summed E-state index contributed by atoms with van der Waals surface area (Å²) < 4.78 is 236. The quantitative estimate of drug-likeness (QED) is 0.0968. The summed E-state index contributed by atoms with van der Waals surface area (Å²) in [5.41, 5.74) is -8.33. The lowest BCUT2D eigenvalue weighted by Crippen LogP contribution is -2.06. The Morgan fingerprint density at radius 2 is 0.479 bits per heavy atom. The first-order chi connectivity index (χ1) is 22.5. The van der Waals surface area contributed by atoms with Gasteiger partial charge in [-0.1, -0.05) is 6.07 Å². The highest BCUT2D eigenvalue weighted by atomic mass is 19.2. The summed E-state index contributed by atoms with van der Waals surface area (Å²) in [4.78, 5) is 0. The fourth-order valence-corrected chi connectivity index (χ4v) is 5.74. The zero-order valence-electron chi connectivity index (χ0n) is 22.3. The van der Waals surface area contributed by atoms with Crippen molar-refractivity contribution in [3.05, 3.63) is 117 Å². The third kappa shape index (κ3) is 3.62. The van der Waals surface area contributed by atoms with E-state index in [4.69, 9.17) is 0 Å². The molecular formula is C30H4F16N2. The fourth-order valence-electron chi connectivity index (χ4n) is 5.74. The third-order valence-corrected chi connectivity index (χ3v) is 7.71. The zero-order chi connectivity index (χ0) is 35.0. The Balaban J connectivity index is 1.71. The van der Waals surface area contributed by atoms with Gasteiger partial charge in [0, 0.05) is 11.4 Å². The van der Waals surface area contributed by atoms with E-state index in [1.807, 2.05) is 0 Å². The van der Waals surface area contributed by atoms with Crippen LogP contribution in [0.25, 0.3) is 55.0 Å². The van der Waals surface area contributed by atoms with Crippen LogP contribution in [0.2, 0.25) is 0 Å². The average Bonchev–Trinajstić information content (AvgIpc) is 3.63. The predicted octanol–water partition coefficient (Wildman–Crippen LogP) is 10.1. The Hall–Kier alpha value is -5.42. The summed E-state index contributed by atoms with van der Waals surface area (Å²) in [7, 11) is 0. The lowest BCUT2D eigenvalue weighted by molar-refractivity contribution is 0.416. The lowest BCUT2D eigenvalue weighted by atomic mass is 10.1. The molecule has 5 aromatic carbocycles. The number of aromatic nitrogens is 2. The standard InChI is InChI=1S/C30H4F16N2/c31-11-7-8-12(32)16(36)20(40)24(44)28(8)47(27(7)23(43)19(39)15(11)35)5-2-1-3-6(4-5)48-29-9(13(33)17(37)21(41)25(29)45)10-14(34)18(38)22(42)26(46)30(10)48/h1-4H. The van der Waals surface area contributed by atoms with E-state index in [2.05, 4.69) is 0 Å². The van der Waals surface area contributed by atoms with Gasteiger partial charge in [-0.05, 0) is 18.2 Å². The summed E-state index contributed by atoms with van der Waals surface area (Å²) >= 11 is 0. The summed E-state index contributed by atoms with van der Waals surface area (Å²) in [6.07, 6.45) is 0. The average molecular weight is 696 g/mol. The van der Waals surface area contributed by atoms with Crippen molar-refractivity contribution in [3.63, 3.8) is 0 Å². The van der Waals surface area contributed by atoms with E-state index in [9.17, 15) is 35.1 Å². The Labute approximate surface area is 252 Å². The Morgan fingerprint density at radius 3 is 0.708 bits per heavy atom. The second-order valence-electron chi connectivity index (χ2n) is 10.1. The number of nitrogens with zero attached hydrogens (tertiary/aromatic N) is 2. The van der Waals surface area contributed by atoms with Gasteiger partial charge in [-0.25, -0.2) is 70.2 Å². The van der Waals surface area contributed by atoms with E-state index in [1.54, 1.807) is 0 Å². The van der Waals surface area contributed by atoms with Crippen LogP contribution in [0.15, 0.2) is 24.3 Å². The smallest absolute Gasteiger partial charge is 0.199 e. The number of hydrogen-bond acceptors (Lipinski definition) is 0. The molecule has 0 saturated heterocycles. The molecule has 0 unspecified atom stereocenters. The van der Waals surface area contributed by atoms with Crippen LogP contribution in [0.5, 0.6) is 0 Å². The summed E-state index contributed by atoms with van der Waals surface area (Å²) in [5.74, 6) is -40.0. The lowest BCUT2D eigenvalue weighted by Gasteiger charge is -2.14. The molecule has 2 nitrogen and oxygen atoms in total. The molecule has 0 aliphatic rings. The molecule has 0 radical (unpaired) electrons. The van der Waals surface area contributed by atoms with Gasteiger partial charge in [0.15, 0.2) is 93.1 Å². The maximum atomic E-state index is 15.3. The van der Waals surface area contributed by atoms with Crippen molar-refractivity contribution in [3.8, 4) is 11.4 Å². The molecule has 48 heavy (non-hydrogen) atoms. The maximum absolute atomic E-state index is 15.3. The number of benzene rings is 5. The van der Waals surface area contributed by atoms with Crippen molar-refractivity contribution in [1.29, 1.82) is 0 Å². The topological polar surface area (TPSA) is 9.86 Å². The second kappa shape index (κ2) is 10.0. The van der Waals surface area contributed by atoms with Crippen LogP contribution in [-0.4, -0.2) is 9.13 Å². The highest BCUT2D eigenvalue weighted by Crippen LogP contribution is 2.44. The van der Waals surface area contributed by atoms with Crippen molar-refractivity contribution < 1.29 is 70.2 Å². The van der Waals surface area contributed by atoms with Gasteiger partial charge in [0.25, 0.3) is 0 Å². The highest BCUT2D eigenvalue weighted by Gasteiger charge is 2.36. The van der Waals surface area contributed by atoms with E-state index in [1.165, 1.54) is 0 Å². The monoisotopic (exact) mass is 696 g/mol. The van der Waals surface area contributed by atoms with Gasteiger partial charge in [-0.15, -0.1) is 0 Å². The first-order valence-electron chi connectivity index (χ1n) is 12.7. The highest BCUT2D eigenvalue weighted by molar-refractivity contribution is 6.12. The van der Waals surface area contributed by atoms with Gasteiger partial charge in [0.1, 0.15) is 0 Å². The molecule has 2 heterocycles. The van der Waals surface area contributed by atoms with Crippen LogP contribution >= 0.6 is 0 Å². The molecule has 0 bridgehead atoms. The minimum Gasteiger partial charge on any atom is -0.303 e. The molecule has 0 aliphatic carbocycles. The van der Waals surface area contributed by atoms with Crippen molar-refractivity contribution >= 4 is 43.6 Å². The summed E-state index contributed by atoms with van der Waals surface area (Å²) in [5, 5.41) is -6.68. The van der Waals surface area contributed by atoms with Crippen LogP contribution in [0.3, 0.4) is 0 Å². The molecule has 0 amide bonds. The first kappa shape index (κ1) is 31.2. The van der Waals surface area contributed by atoms with E-state index in [0.717, 1.165) is 6.07 Å². The number of halogens is 16. The Bertz CT molecular complexity index is 2300. The van der Waals surface area contributed by atoms with Gasteiger partial charge < -0.3 is 9.13 Å². The van der Waals surface area contributed by atoms with E-state index in [0.29, 0.717) is 18.2 Å². The van der Waals surface area contributed by atoms with Gasteiger partial charge in [-0.3, -0.25) is 0 Å². The van der Waals surface area contributed by atoms with Gasteiger partial charge in [0.05, 0.1) is 43.6 Å². The molecule has 0 saturated carbocycles. The van der Waals surface area contributed by atoms with Crippen LogP contribution in [0.4, 0.5) is 70.2 Å². The van der Waals surface area contributed by atoms with Crippen LogP contribution < -0.4 is 0 Å². The fraction of sp³-hybridized carbons (Fsp3) is 0. The SMILES string of the molecule is Fc1c(F)c(F)c2c(c1F)c1c(F)c(F)c(F)c(F)c1n2-c1cccc(-n2c3c(F)c(F)c(F)c(F)c3c3c(F)c(F)c(F)c(F)c32)c1. The molecular weight excluding hydrogens is 692 g/mol. The molecule has 0 fully saturated rings. The third-order valence-electron chi connectivity index (χ3n) is 7.71. The molecule has 0 spiro atoms. The van der Waals surface area contributed by atoms with Crippen molar-refractivity contribution in [2.24, 2.45) is 0 Å². The van der Waals surface area contributed by atoms with Gasteiger partial charge >= 0.3 is 0 Å².